The molecule has 1 amide bonds. The zero-order valence-electron chi connectivity index (χ0n) is 13.1. The third kappa shape index (κ3) is 4.04. The van der Waals surface area contributed by atoms with E-state index in [1.807, 2.05) is 0 Å². The van der Waals surface area contributed by atoms with Crippen molar-refractivity contribution in [2.75, 3.05) is 12.4 Å². The molecule has 122 valence electrons. The van der Waals surface area contributed by atoms with E-state index in [2.05, 4.69) is 20.5 Å². The average molecular weight is 332 g/mol. The monoisotopic (exact) mass is 332 g/mol. The number of pyridine rings is 1. The van der Waals surface area contributed by atoms with Crippen LogP contribution < -0.4 is 10.1 Å². The van der Waals surface area contributed by atoms with E-state index in [1.54, 1.807) is 25.4 Å². The van der Waals surface area contributed by atoms with Crippen molar-refractivity contribution in [3.8, 4) is 5.75 Å². The number of nitrogens with one attached hydrogen (secondary N) is 1. The SMILES string of the molecule is COc1cccnc1CC(=O)Nc1nnc(C2CCCCC2)s1. The molecule has 0 spiro atoms. The number of ether oxygens (including phenoxy) is 1. The van der Waals surface area contributed by atoms with Gasteiger partial charge in [-0.15, -0.1) is 10.2 Å². The fourth-order valence-electron chi connectivity index (χ4n) is 2.86. The van der Waals surface area contributed by atoms with Crippen molar-refractivity contribution in [2.45, 2.75) is 44.4 Å². The maximum Gasteiger partial charge on any atom is 0.232 e. The maximum absolute atomic E-state index is 12.2. The first-order valence-corrected chi connectivity index (χ1v) is 8.69. The van der Waals surface area contributed by atoms with Crippen LogP contribution in [0.1, 0.15) is 48.7 Å². The minimum absolute atomic E-state index is 0.155. The summed E-state index contributed by atoms with van der Waals surface area (Å²) in [5.41, 5.74) is 0.615. The first kappa shape index (κ1) is 15.9. The Morgan fingerprint density at radius 3 is 2.96 bits per heavy atom. The first-order valence-electron chi connectivity index (χ1n) is 7.87. The highest BCUT2D eigenvalue weighted by molar-refractivity contribution is 7.15. The summed E-state index contributed by atoms with van der Waals surface area (Å²) in [6.45, 7) is 0. The van der Waals surface area contributed by atoms with E-state index in [9.17, 15) is 4.79 Å². The summed E-state index contributed by atoms with van der Waals surface area (Å²) in [6.07, 6.45) is 7.97. The minimum Gasteiger partial charge on any atom is -0.495 e. The van der Waals surface area contributed by atoms with Gasteiger partial charge in [0, 0.05) is 12.1 Å². The largest absolute Gasteiger partial charge is 0.495 e. The number of hydrogen-bond acceptors (Lipinski definition) is 6. The highest BCUT2D eigenvalue weighted by atomic mass is 32.1. The molecular weight excluding hydrogens is 312 g/mol. The zero-order valence-corrected chi connectivity index (χ0v) is 13.9. The lowest BCUT2D eigenvalue weighted by Gasteiger charge is -2.18. The topological polar surface area (TPSA) is 77.0 Å². The number of anilines is 1. The van der Waals surface area contributed by atoms with Gasteiger partial charge in [0.25, 0.3) is 0 Å². The van der Waals surface area contributed by atoms with Gasteiger partial charge in [-0.3, -0.25) is 9.78 Å². The molecule has 7 heteroatoms. The molecule has 2 aromatic rings. The molecule has 3 rings (SSSR count). The van der Waals surface area contributed by atoms with Crippen molar-refractivity contribution in [2.24, 2.45) is 0 Å². The molecule has 6 nitrogen and oxygen atoms in total. The Kier molecular flexibility index (Phi) is 5.17. The fourth-order valence-corrected chi connectivity index (χ4v) is 3.79. The van der Waals surface area contributed by atoms with E-state index in [-0.39, 0.29) is 12.3 Å². The normalized spacial score (nSPS) is 15.3. The molecule has 0 aromatic carbocycles. The van der Waals surface area contributed by atoms with Crippen LogP contribution in [0.3, 0.4) is 0 Å². The number of rotatable bonds is 5. The van der Waals surface area contributed by atoms with Gasteiger partial charge in [-0.05, 0) is 25.0 Å². The van der Waals surface area contributed by atoms with Crippen LogP contribution in [0.4, 0.5) is 5.13 Å². The number of carbonyl (C=O) groups is 1. The van der Waals surface area contributed by atoms with E-state index in [1.165, 1.54) is 43.4 Å². The molecule has 1 N–H and O–H groups in total. The third-order valence-corrected chi connectivity index (χ3v) is 5.04. The standard InChI is InChI=1S/C16H20N4O2S/c1-22-13-8-5-9-17-12(13)10-14(21)18-16-20-19-15(23-16)11-6-3-2-4-7-11/h5,8-9,11H,2-4,6-7,10H2,1H3,(H,18,20,21). The quantitative estimate of drug-likeness (QED) is 0.910. The van der Waals surface area contributed by atoms with Gasteiger partial charge in [-0.2, -0.15) is 0 Å². The van der Waals surface area contributed by atoms with Gasteiger partial charge < -0.3 is 10.1 Å². The summed E-state index contributed by atoms with van der Waals surface area (Å²) in [4.78, 5) is 16.4. The van der Waals surface area contributed by atoms with Gasteiger partial charge in [0.2, 0.25) is 11.0 Å². The third-order valence-electron chi connectivity index (χ3n) is 4.04. The number of aromatic nitrogens is 3. The van der Waals surface area contributed by atoms with Crippen molar-refractivity contribution in [3.05, 3.63) is 29.0 Å². The van der Waals surface area contributed by atoms with Gasteiger partial charge in [0.05, 0.1) is 19.2 Å². The second kappa shape index (κ2) is 7.50. The molecule has 23 heavy (non-hydrogen) atoms. The number of methoxy groups -OCH3 is 1. The van der Waals surface area contributed by atoms with Crippen LogP contribution in [0, 0.1) is 0 Å². The van der Waals surface area contributed by atoms with Crippen LogP contribution in [-0.4, -0.2) is 28.2 Å². The predicted molar refractivity (Wildman–Crippen MR) is 88.9 cm³/mol. The average Bonchev–Trinajstić information content (AvgIpc) is 3.04. The van der Waals surface area contributed by atoms with Crippen molar-refractivity contribution >= 4 is 22.4 Å². The second-order valence-electron chi connectivity index (χ2n) is 5.66. The molecule has 0 aliphatic heterocycles. The van der Waals surface area contributed by atoms with E-state index >= 15 is 0 Å². The minimum atomic E-state index is -0.159. The van der Waals surface area contributed by atoms with E-state index in [4.69, 9.17) is 4.74 Å². The summed E-state index contributed by atoms with van der Waals surface area (Å²) < 4.78 is 5.21. The molecule has 0 saturated heterocycles. The molecule has 0 atom stereocenters. The first-order chi connectivity index (χ1) is 11.3. The molecule has 1 saturated carbocycles. The Labute approximate surface area is 139 Å². The highest BCUT2D eigenvalue weighted by Gasteiger charge is 2.20. The van der Waals surface area contributed by atoms with Crippen LogP contribution in [0.2, 0.25) is 0 Å². The van der Waals surface area contributed by atoms with Crippen molar-refractivity contribution in [3.63, 3.8) is 0 Å². The van der Waals surface area contributed by atoms with Crippen LogP contribution in [0.15, 0.2) is 18.3 Å². The van der Waals surface area contributed by atoms with Crippen molar-refractivity contribution in [1.82, 2.24) is 15.2 Å². The number of amides is 1. The molecule has 2 aromatic heterocycles. The Bertz CT molecular complexity index is 668. The van der Waals surface area contributed by atoms with Crippen LogP contribution >= 0.6 is 11.3 Å². The van der Waals surface area contributed by atoms with Crippen molar-refractivity contribution < 1.29 is 9.53 Å². The lowest BCUT2D eigenvalue weighted by molar-refractivity contribution is -0.115. The summed E-state index contributed by atoms with van der Waals surface area (Å²) >= 11 is 1.48. The second-order valence-corrected chi connectivity index (χ2v) is 6.67. The molecule has 1 aliphatic carbocycles. The summed E-state index contributed by atoms with van der Waals surface area (Å²) in [5, 5.41) is 12.8. The predicted octanol–water partition coefficient (Wildman–Crippen LogP) is 3.17. The summed E-state index contributed by atoms with van der Waals surface area (Å²) in [6, 6.07) is 3.57. The van der Waals surface area contributed by atoms with Gasteiger partial charge in [0.1, 0.15) is 10.8 Å². The highest BCUT2D eigenvalue weighted by Crippen LogP contribution is 2.35. The van der Waals surface area contributed by atoms with Crippen LogP contribution in [0.25, 0.3) is 0 Å². The smallest absolute Gasteiger partial charge is 0.232 e. The molecule has 0 unspecified atom stereocenters. The Hall–Kier alpha value is -2.02. The van der Waals surface area contributed by atoms with Crippen molar-refractivity contribution in [1.29, 1.82) is 0 Å². The van der Waals surface area contributed by atoms with Crippen LogP contribution in [0.5, 0.6) is 5.75 Å². The maximum atomic E-state index is 12.2. The van der Waals surface area contributed by atoms with Gasteiger partial charge in [-0.25, -0.2) is 0 Å². The molecule has 0 radical (unpaired) electrons. The molecular formula is C16H20N4O2S. The van der Waals surface area contributed by atoms with Crippen LogP contribution in [-0.2, 0) is 11.2 Å². The summed E-state index contributed by atoms with van der Waals surface area (Å²) in [5.74, 6) is 0.957. The lowest BCUT2D eigenvalue weighted by atomic mass is 9.90. The lowest BCUT2D eigenvalue weighted by Crippen LogP contribution is -2.15. The number of nitrogens with zero attached hydrogens (tertiary/aromatic N) is 3. The Morgan fingerprint density at radius 1 is 1.35 bits per heavy atom. The van der Waals surface area contributed by atoms with E-state index in [0.717, 1.165) is 5.01 Å². The summed E-state index contributed by atoms with van der Waals surface area (Å²) in [7, 11) is 1.57. The molecule has 0 bridgehead atoms. The Morgan fingerprint density at radius 2 is 2.17 bits per heavy atom. The molecule has 2 heterocycles. The van der Waals surface area contributed by atoms with E-state index < -0.39 is 0 Å². The number of hydrogen-bond donors (Lipinski definition) is 1. The molecule has 1 aliphatic rings. The Balaban J connectivity index is 1.60. The number of carbonyl (C=O) groups excluding carboxylic acids is 1. The van der Waals surface area contributed by atoms with Gasteiger partial charge in [-0.1, -0.05) is 30.6 Å². The van der Waals surface area contributed by atoms with Gasteiger partial charge >= 0.3 is 0 Å². The zero-order chi connectivity index (χ0) is 16.1. The van der Waals surface area contributed by atoms with Gasteiger partial charge in [0.15, 0.2) is 0 Å². The van der Waals surface area contributed by atoms with E-state index in [0.29, 0.717) is 22.5 Å². The molecule has 1 fully saturated rings. The fraction of sp³-hybridized carbons (Fsp3) is 0.500.